The summed E-state index contributed by atoms with van der Waals surface area (Å²) in [6.07, 6.45) is 4.19. The van der Waals surface area contributed by atoms with E-state index < -0.39 is 24.0 Å². The third-order valence-corrected chi connectivity index (χ3v) is 3.43. The van der Waals surface area contributed by atoms with E-state index in [1.165, 1.54) is 6.33 Å². The monoisotopic (exact) mass is 355 g/mol. The van der Waals surface area contributed by atoms with E-state index in [9.17, 15) is 19.8 Å². The molecule has 1 rings (SSSR count). The molecule has 1 aromatic heterocycles. The van der Waals surface area contributed by atoms with Crippen LogP contribution in [0.5, 0.6) is 0 Å². The van der Waals surface area contributed by atoms with Crippen LogP contribution in [0.2, 0.25) is 0 Å². The van der Waals surface area contributed by atoms with Gasteiger partial charge in [0.2, 0.25) is 0 Å². The van der Waals surface area contributed by atoms with Gasteiger partial charge in [0.25, 0.3) is 0 Å². The molecule has 2 atom stereocenters. The molecule has 1 heterocycles. The SMILES string of the molecule is NC(N)=NCCC[C@H](NCCN[C@@H](Cc1cnc[nH]1)C(=O)O)C(=O)O. The standard InChI is InChI=1S/C14H25N7O4/c15-14(16)20-3-1-2-10(12(22)23)18-4-5-19-11(13(24)25)6-9-7-17-8-21-9/h7-8,10-11,18-19H,1-6H2,(H,17,21)(H,22,23)(H,24,25)(H4,15,16,20)/t10-,11-/m0/s1. The Labute approximate surface area is 144 Å². The quantitative estimate of drug-likeness (QED) is 0.120. The number of nitrogens with one attached hydrogen (secondary N) is 3. The lowest BCUT2D eigenvalue weighted by Gasteiger charge is -2.17. The molecule has 9 N–H and O–H groups in total. The number of nitrogens with zero attached hydrogens (tertiary/aromatic N) is 2. The van der Waals surface area contributed by atoms with Crippen molar-refractivity contribution in [1.82, 2.24) is 20.6 Å². The number of aromatic amines is 1. The maximum atomic E-state index is 11.2. The molecule has 140 valence electrons. The minimum absolute atomic E-state index is 0.0268. The van der Waals surface area contributed by atoms with E-state index in [1.54, 1.807) is 6.20 Å². The van der Waals surface area contributed by atoms with Crippen molar-refractivity contribution < 1.29 is 19.8 Å². The molecule has 1 aromatic rings. The van der Waals surface area contributed by atoms with Crippen LogP contribution < -0.4 is 22.1 Å². The molecule has 0 radical (unpaired) electrons. The molecule has 0 saturated carbocycles. The van der Waals surface area contributed by atoms with Crippen molar-refractivity contribution in [3.05, 3.63) is 18.2 Å². The highest BCUT2D eigenvalue weighted by Crippen LogP contribution is 2.00. The summed E-state index contributed by atoms with van der Waals surface area (Å²) in [5, 5.41) is 24.1. The number of aromatic nitrogens is 2. The maximum absolute atomic E-state index is 11.2. The highest BCUT2D eigenvalue weighted by Gasteiger charge is 2.19. The molecule has 0 amide bonds. The van der Waals surface area contributed by atoms with Gasteiger partial charge in [-0.25, -0.2) is 4.98 Å². The van der Waals surface area contributed by atoms with Crippen LogP contribution in [0.1, 0.15) is 18.5 Å². The average molecular weight is 355 g/mol. The van der Waals surface area contributed by atoms with Crippen molar-refractivity contribution in [3.63, 3.8) is 0 Å². The third-order valence-electron chi connectivity index (χ3n) is 3.43. The molecule has 0 fully saturated rings. The van der Waals surface area contributed by atoms with Crippen molar-refractivity contribution in [2.75, 3.05) is 19.6 Å². The Morgan fingerprint density at radius 2 is 1.84 bits per heavy atom. The molecule has 0 unspecified atom stereocenters. The van der Waals surface area contributed by atoms with Gasteiger partial charge in [-0.2, -0.15) is 0 Å². The maximum Gasteiger partial charge on any atom is 0.321 e. The third kappa shape index (κ3) is 8.67. The fourth-order valence-corrected chi connectivity index (χ4v) is 2.17. The van der Waals surface area contributed by atoms with E-state index >= 15 is 0 Å². The van der Waals surface area contributed by atoms with Gasteiger partial charge in [0.05, 0.1) is 6.33 Å². The first kappa shape index (κ1) is 20.4. The second kappa shape index (κ2) is 11.0. The number of imidazole rings is 1. The van der Waals surface area contributed by atoms with Crippen LogP contribution >= 0.6 is 0 Å². The van der Waals surface area contributed by atoms with Gasteiger partial charge in [-0.1, -0.05) is 0 Å². The summed E-state index contributed by atoms with van der Waals surface area (Å²) in [4.78, 5) is 32.9. The molecule has 0 spiro atoms. The number of H-pyrrole nitrogens is 1. The summed E-state index contributed by atoms with van der Waals surface area (Å²) in [5.41, 5.74) is 11.1. The number of carboxylic acids is 2. The van der Waals surface area contributed by atoms with Gasteiger partial charge in [-0.15, -0.1) is 0 Å². The Bertz CT molecular complexity index is 558. The normalized spacial score (nSPS) is 13.1. The van der Waals surface area contributed by atoms with Gasteiger partial charge in [0, 0.05) is 37.9 Å². The summed E-state index contributed by atoms with van der Waals surface area (Å²) in [7, 11) is 0. The van der Waals surface area contributed by atoms with E-state index in [1.807, 2.05) is 0 Å². The zero-order valence-corrected chi connectivity index (χ0v) is 13.8. The smallest absolute Gasteiger partial charge is 0.321 e. The zero-order valence-electron chi connectivity index (χ0n) is 13.8. The lowest BCUT2D eigenvalue weighted by Crippen LogP contribution is -2.45. The van der Waals surface area contributed by atoms with E-state index in [4.69, 9.17) is 11.5 Å². The number of guanidine groups is 1. The molecule has 0 aliphatic carbocycles. The fourth-order valence-electron chi connectivity index (χ4n) is 2.17. The predicted octanol–water partition coefficient (Wildman–Crippen LogP) is -1.91. The lowest BCUT2D eigenvalue weighted by molar-refractivity contribution is -0.140. The Hall–Kier alpha value is -2.66. The number of hydrogen-bond donors (Lipinski definition) is 7. The zero-order chi connectivity index (χ0) is 18.7. The molecule has 0 bridgehead atoms. The van der Waals surface area contributed by atoms with E-state index in [0.717, 1.165) is 0 Å². The first-order valence-electron chi connectivity index (χ1n) is 7.85. The van der Waals surface area contributed by atoms with E-state index in [2.05, 4.69) is 25.6 Å². The molecule has 25 heavy (non-hydrogen) atoms. The lowest BCUT2D eigenvalue weighted by atomic mass is 10.1. The minimum Gasteiger partial charge on any atom is -0.480 e. The molecule has 0 saturated heterocycles. The van der Waals surface area contributed by atoms with Crippen LogP contribution in [0.25, 0.3) is 0 Å². The first-order valence-corrected chi connectivity index (χ1v) is 7.85. The first-order chi connectivity index (χ1) is 11.9. The van der Waals surface area contributed by atoms with Gasteiger partial charge in [0.15, 0.2) is 5.96 Å². The fraction of sp³-hybridized carbons (Fsp3) is 0.571. The minimum atomic E-state index is -0.985. The number of aliphatic carboxylic acids is 2. The number of nitrogens with two attached hydrogens (primary N) is 2. The van der Waals surface area contributed by atoms with Crippen LogP contribution in [0.15, 0.2) is 17.5 Å². The van der Waals surface area contributed by atoms with Crippen molar-refractivity contribution in [3.8, 4) is 0 Å². The molecule has 0 aliphatic rings. The predicted molar refractivity (Wildman–Crippen MR) is 91.1 cm³/mol. The second-order valence-electron chi connectivity index (χ2n) is 5.42. The van der Waals surface area contributed by atoms with Crippen molar-refractivity contribution in [1.29, 1.82) is 0 Å². The molecular weight excluding hydrogens is 330 g/mol. The Balaban J connectivity index is 2.32. The van der Waals surface area contributed by atoms with Gasteiger partial charge in [-0.05, 0) is 12.8 Å². The summed E-state index contributed by atoms with van der Waals surface area (Å²) in [6, 6.07) is -1.53. The van der Waals surface area contributed by atoms with E-state index in [-0.39, 0.29) is 12.4 Å². The summed E-state index contributed by atoms with van der Waals surface area (Å²) in [6.45, 7) is 0.978. The number of hydrogen-bond acceptors (Lipinski definition) is 6. The van der Waals surface area contributed by atoms with Crippen LogP contribution in [0.3, 0.4) is 0 Å². The van der Waals surface area contributed by atoms with Crippen molar-refractivity contribution in [2.24, 2.45) is 16.5 Å². The van der Waals surface area contributed by atoms with Crippen molar-refractivity contribution in [2.45, 2.75) is 31.3 Å². The number of rotatable bonds is 13. The number of aliphatic imine (C=N–C) groups is 1. The summed E-state index contributed by atoms with van der Waals surface area (Å²) < 4.78 is 0. The summed E-state index contributed by atoms with van der Waals surface area (Å²) >= 11 is 0. The summed E-state index contributed by atoms with van der Waals surface area (Å²) in [5.74, 6) is -1.99. The van der Waals surface area contributed by atoms with Crippen molar-refractivity contribution >= 4 is 17.9 Å². The van der Waals surface area contributed by atoms with Gasteiger partial charge in [-0.3, -0.25) is 14.6 Å². The largest absolute Gasteiger partial charge is 0.480 e. The van der Waals surface area contributed by atoms with E-state index in [0.29, 0.717) is 38.2 Å². The number of carbonyl (C=O) groups is 2. The molecule has 0 aromatic carbocycles. The molecule has 0 aliphatic heterocycles. The molecular formula is C14H25N7O4. The topological polar surface area (TPSA) is 192 Å². The van der Waals surface area contributed by atoms with Crippen LogP contribution in [0.4, 0.5) is 0 Å². The van der Waals surface area contributed by atoms with Crippen LogP contribution in [-0.2, 0) is 16.0 Å². The van der Waals surface area contributed by atoms with Crippen LogP contribution in [0, 0.1) is 0 Å². The molecule has 11 nitrogen and oxygen atoms in total. The van der Waals surface area contributed by atoms with Gasteiger partial charge < -0.3 is 37.3 Å². The van der Waals surface area contributed by atoms with Gasteiger partial charge in [0.1, 0.15) is 12.1 Å². The Morgan fingerprint density at radius 1 is 1.20 bits per heavy atom. The number of carboxylic acid groups (broad SMARTS) is 2. The highest BCUT2D eigenvalue weighted by molar-refractivity contribution is 5.75. The average Bonchev–Trinajstić information content (AvgIpc) is 3.04. The Kier molecular flexibility index (Phi) is 8.96. The van der Waals surface area contributed by atoms with Crippen LogP contribution in [-0.4, -0.2) is 69.8 Å². The van der Waals surface area contributed by atoms with Gasteiger partial charge >= 0.3 is 11.9 Å². The highest BCUT2D eigenvalue weighted by atomic mass is 16.4. The molecule has 11 heteroatoms. The second-order valence-corrected chi connectivity index (χ2v) is 5.42. The Morgan fingerprint density at radius 3 is 2.36 bits per heavy atom.